The summed E-state index contributed by atoms with van der Waals surface area (Å²) in [6.07, 6.45) is -1.15. The van der Waals surface area contributed by atoms with E-state index in [2.05, 4.69) is 16.1 Å². The van der Waals surface area contributed by atoms with E-state index in [0.29, 0.717) is 18.5 Å². The van der Waals surface area contributed by atoms with Gasteiger partial charge in [-0.1, -0.05) is 113 Å². The van der Waals surface area contributed by atoms with E-state index in [1.807, 2.05) is 54.5 Å². The lowest BCUT2D eigenvalue weighted by Crippen LogP contribution is -2.59. The van der Waals surface area contributed by atoms with Crippen molar-refractivity contribution in [1.29, 1.82) is 0 Å². The van der Waals surface area contributed by atoms with Crippen LogP contribution in [-0.4, -0.2) is 79.3 Å². The fraction of sp³-hybridized carbons (Fsp3) is 0.718. The molecule has 0 saturated heterocycles. The lowest BCUT2D eigenvalue weighted by atomic mass is 9.80. The van der Waals surface area contributed by atoms with E-state index in [1.165, 1.54) is 0 Å². The maximum absolute atomic E-state index is 14.8. The molecule has 296 valence electrons. The number of rotatable bonds is 23. The predicted molar refractivity (Wildman–Crippen MR) is 202 cm³/mol. The Balaban J connectivity index is 3.70. The maximum atomic E-state index is 14.8. The number of carbonyl (C=O) groups excluding carboxylic acids is 5. The molecule has 0 fully saturated rings. The summed E-state index contributed by atoms with van der Waals surface area (Å²) in [6.45, 7) is 21.3. The first kappa shape index (κ1) is 46.3. The Kier molecular flexibility index (Phi) is 21.2. The number of hydrogen-bond donors (Lipinski definition) is 4. The number of nitrogens with two attached hydrogens (primary N) is 1. The summed E-state index contributed by atoms with van der Waals surface area (Å²) in [5, 5.41) is 7.02. The molecule has 1 aromatic carbocycles. The van der Waals surface area contributed by atoms with Crippen LogP contribution in [0.5, 0.6) is 0 Å². The number of amides is 3. The largest absolute Gasteiger partial charge is 0.460 e. The third-order valence-corrected chi connectivity index (χ3v) is 8.14. The molecule has 0 aliphatic rings. The highest BCUT2D eigenvalue weighted by Gasteiger charge is 2.43. The zero-order chi connectivity index (χ0) is 39.5. The minimum absolute atomic E-state index is 0.0240. The van der Waals surface area contributed by atoms with Crippen molar-refractivity contribution < 1.29 is 38.2 Å². The van der Waals surface area contributed by atoms with Crippen molar-refractivity contribution in [3.05, 3.63) is 35.9 Å². The molecule has 52 heavy (non-hydrogen) atoms. The lowest BCUT2D eigenvalue weighted by molar-refractivity contribution is -0.157. The Hall–Kier alpha value is -3.71. The van der Waals surface area contributed by atoms with Gasteiger partial charge in [-0.05, 0) is 41.6 Å². The number of ketones is 1. The molecule has 1 aromatic rings. The van der Waals surface area contributed by atoms with E-state index in [0.717, 1.165) is 6.42 Å². The molecule has 1 rings (SSSR count). The number of benzene rings is 1. The number of carbonyl (C=O) groups is 5. The average molecular weight is 734 g/mol. The number of hydrazine groups is 1. The van der Waals surface area contributed by atoms with Crippen molar-refractivity contribution in [2.45, 2.75) is 120 Å². The van der Waals surface area contributed by atoms with Gasteiger partial charge in [0.05, 0.1) is 31.7 Å². The van der Waals surface area contributed by atoms with Crippen LogP contribution in [0, 0.1) is 35.5 Å². The highest BCUT2D eigenvalue weighted by Crippen LogP contribution is 2.29. The van der Waals surface area contributed by atoms with Crippen molar-refractivity contribution in [2.75, 3.05) is 26.3 Å². The van der Waals surface area contributed by atoms with Gasteiger partial charge in [0.1, 0.15) is 12.1 Å². The predicted octanol–water partition coefficient (Wildman–Crippen LogP) is 5.78. The molecule has 5 atom stereocenters. The molecule has 0 saturated carbocycles. The molecule has 0 spiro atoms. The second-order valence-electron chi connectivity index (χ2n) is 15.5. The van der Waals surface area contributed by atoms with Gasteiger partial charge in [-0.2, -0.15) is 0 Å². The molecule has 0 aromatic heterocycles. The Bertz CT molecular complexity index is 1240. The van der Waals surface area contributed by atoms with Crippen LogP contribution in [0.4, 0.5) is 9.59 Å². The highest BCUT2D eigenvalue weighted by molar-refractivity contribution is 5.91. The number of ether oxygens (including phenoxy) is 3. The molecule has 0 aliphatic carbocycles. The van der Waals surface area contributed by atoms with Gasteiger partial charge in [0.2, 0.25) is 0 Å². The average Bonchev–Trinajstić information content (AvgIpc) is 3.06. The number of hydrogen-bond acceptors (Lipinski definition) is 10. The molecule has 0 aliphatic heterocycles. The molecule has 13 nitrogen and oxygen atoms in total. The Labute approximate surface area is 311 Å². The standard InChI is InChI=1S/C39H67N5O8/c1-12-13-19-31(45)52-30(21-44(20-24(2)3)43-37(47)35(28(10)11)42-39(49)51-23-26(6)7)32(33(40)29-17-15-14-16-18-29)36(46)34(27(8)9)41-38(48)50-22-25(4)5/h14-18,24-28,30,32-35H,12-13,19-23,40H2,1-11H3,(H,41,48)(H,42,49)(H,43,47)/t30?,32?,33?,34-,35-/m0/s1. The van der Waals surface area contributed by atoms with Crippen LogP contribution in [-0.2, 0) is 28.6 Å². The van der Waals surface area contributed by atoms with Gasteiger partial charge in [0, 0.05) is 19.0 Å². The number of nitrogens with zero attached hydrogens (tertiary/aromatic N) is 1. The van der Waals surface area contributed by atoms with Gasteiger partial charge >= 0.3 is 18.2 Å². The van der Waals surface area contributed by atoms with Crippen LogP contribution in [0.1, 0.15) is 107 Å². The normalized spacial score (nSPS) is 14.6. The van der Waals surface area contributed by atoms with Crippen LogP contribution in [0.2, 0.25) is 0 Å². The van der Waals surface area contributed by atoms with E-state index in [9.17, 15) is 24.0 Å². The van der Waals surface area contributed by atoms with E-state index < -0.39 is 60.0 Å². The van der Waals surface area contributed by atoms with Crippen molar-refractivity contribution in [2.24, 2.45) is 41.2 Å². The monoisotopic (exact) mass is 733 g/mol. The quantitative estimate of drug-likeness (QED) is 0.0613. The van der Waals surface area contributed by atoms with Crippen LogP contribution >= 0.6 is 0 Å². The number of unbranched alkanes of at least 4 members (excludes halogenated alkanes) is 1. The Morgan fingerprint density at radius 3 is 1.71 bits per heavy atom. The molecule has 0 bridgehead atoms. The van der Waals surface area contributed by atoms with Crippen LogP contribution < -0.4 is 21.8 Å². The topological polar surface area (TPSA) is 178 Å². The fourth-order valence-electron chi connectivity index (χ4n) is 5.43. The summed E-state index contributed by atoms with van der Waals surface area (Å²) in [4.78, 5) is 67.4. The second kappa shape index (κ2) is 23.8. The molecule has 3 unspecified atom stereocenters. The van der Waals surface area contributed by atoms with Crippen LogP contribution in [0.3, 0.4) is 0 Å². The summed E-state index contributed by atoms with van der Waals surface area (Å²) in [7, 11) is 0. The minimum Gasteiger partial charge on any atom is -0.460 e. The van der Waals surface area contributed by atoms with Gasteiger partial charge in [-0.3, -0.25) is 19.8 Å². The molecule has 13 heteroatoms. The Morgan fingerprint density at radius 1 is 0.731 bits per heavy atom. The van der Waals surface area contributed by atoms with Crippen molar-refractivity contribution >= 4 is 29.8 Å². The Morgan fingerprint density at radius 2 is 1.25 bits per heavy atom. The fourth-order valence-corrected chi connectivity index (χ4v) is 5.43. The smallest absolute Gasteiger partial charge is 0.407 e. The van der Waals surface area contributed by atoms with E-state index in [-0.39, 0.29) is 55.8 Å². The van der Waals surface area contributed by atoms with Gasteiger partial charge < -0.3 is 30.6 Å². The summed E-state index contributed by atoms with van der Waals surface area (Å²) < 4.78 is 16.8. The summed E-state index contributed by atoms with van der Waals surface area (Å²) in [5.41, 5.74) is 10.5. The first-order valence-corrected chi connectivity index (χ1v) is 18.8. The first-order valence-electron chi connectivity index (χ1n) is 18.8. The SMILES string of the molecule is CCCCC(=O)OC(CN(CC(C)C)NC(=O)[C@@H](NC(=O)OCC(C)C)C(C)C)C(C(=O)[C@@H](NC(=O)OCC(C)C)C(C)C)C(N)c1ccccc1. The van der Waals surface area contributed by atoms with Crippen molar-refractivity contribution in [1.82, 2.24) is 21.1 Å². The van der Waals surface area contributed by atoms with E-state index in [4.69, 9.17) is 19.9 Å². The second-order valence-corrected chi connectivity index (χ2v) is 15.5. The summed E-state index contributed by atoms with van der Waals surface area (Å²) in [6, 6.07) is 6.08. The zero-order valence-electron chi connectivity index (χ0n) is 33.4. The van der Waals surface area contributed by atoms with E-state index in [1.54, 1.807) is 57.0 Å². The van der Waals surface area contributed by atoms with Gasteiger partial charge in [0.25, 0.3) is 5.91 Å². The lowest BCUT2D eigenvalue weighted by Gasteiger charge is -2.37. The minimum atomic E-state index is -1.15. The van der Waals surface area contributed by atoms with Gasteiger partial charge in [-0.15, -0.1) is 0 Å². The molecule has 0 radical (unpaired) electrons. The molecular weight excluding hydrogens is 666 g/mol. The summed E-state index contributed by atoms with van der Waals surface area (Å²) in [5.74, 6) is -3.05. The van der Waals surface area contributed by atoms with E-state index >= 15 is 0 Å². The summed E-state index contributed by atoms with van der Waals surface area (Å²) >= 11 is 0. The highest BCUT2D eigenvalue weighted by atomic mass is 16.6. The molecule has 3 amide bonds. The van der Waals surface area contributed by atoms with Crippen LogP contribution in [0.15, 0.2) is 30.3 Å². The van der Waals surface area contributed by atoms with Crippen LogP contribution in [0.25, 0.3) is 0 Å². The molecular formula is C39H67N5O8. The first-order chi connectivity index (χ1) is 24.4. The van der Waals surface area contributed by atoms with Gasteiger partial charge in [0.15, 0.2) is 5.78 Å². The molecule has 5 N–H and O–H groups in total. The third-order valence-electron chi connectivity index (χ3n) is 8.14. The number of Topliss-reactive ketones (excluding diaryl/α,β-unsaturated/α-hetero) is 1. The van der Waals surface area contributed by atoms with Crippen molar-refractivity contribution in [3.8, 4) is 0 Å². The maximum Gasteiger partial charge on any atom is 0.407 e. The van der Waals surface area contributed by atoms with Gasteiger partial charge in [-0.25, -0.2) is 14.6 Å². The van der Waals surface area contributed by atoms with Crippen molar-refractivity contribution in [3.63, 3.8) is 0 Å². The number of nitrogens with one attached hydrogen (secondary N) is 3. The third kappa shape index (κ3) is 17.2. The zero-order valence-corrected chi connectivity index (χ0v) is 33.4. The number of alkyl carbamates (subject to hydrolysis) is 2. The molecule has 0 heterocycles. The number of esters is 1.